The molecule has 0 aliphatic rings. The van der Waals surface area contributed by atoms with Crippen LogP contribution in [-0.4, -0.2) is 21.6 Å². The third kappa shape index (κ3) is 5.21. The van der Waals surface area contributed by atoms with E-state index in [1.807, 2.05) is 19.1 Å². The number of carbonyl (C=O) groups excluding carboxylic acids is 1. The Morgan fingerprint density at radius 3 is 2.55 bits per heavy atom. The van der Waals surface area contributed by atoms with Crippen molar-refractivity contribution >= 4 is 28.6 Å². The standard InChI is InChI=1S/C24H29NO3S/c1-5-6-11-29-24-25-20-13-19(21(26)14-22(20)28-24)23(27)16(4)18-9-7-17(8-10-18)12-15(2)3/h7-10,13-16,26H,5-6,11-12H2,1-4H3. The number of unbranched alkanes of at least 4 members (excludes halogenated alkanes) is 1. The van der Waals surface area contributed by atoms with Crippen molar-refractivity contribution in [2.75, 3.05) is 5.75 Å². The molecule has 0 spiro atoms. The highest BCUT2D eigenvalue weighted by Gasteiger charge is 2.22. The first-order chi connectivity index (χ1) is 13.9. The summed E-state index contributed by atoms with van der Waals surface area (Å²) in [6.07, 6.45) is 3.22. The highest BCUT2D eigenvalue weighted by atomic mass is 32.2. The lowest BCUT2D eigenvalue weighted by Gasteiger charge is -2.13. The molecule has 1 aromatic heterocycles. The lowest BCUT2D eigenvalue weighted by molar-refractivity contribution is 0.0963. The average Bonchev–Trinajstić information content (AvgIpc) is 3.08. The Morgan fingerprint density at radius 2 is 1.90 bits per heavy atom. The van der Waals surface area contributed by atoms with Gasteiger partial charge in [0.25, 0.3) is 5.22 Å². The molecule has 1 heterocycles. The van der Waals surface area contributed by atoms with Crippen molar-refractivity contribution in [1.29, 1.82) is 0 Å². The molecule has 2 aromatic carbocycles. The van der Waals surface area contributed by atoms with Gasteiger partial charge in [0.2, 0.25) is 0 Å². The van der Waals surface area contributed by atoms with Gasteiger partial charge < -0.3 is 9.52 Å². The van der Waals surface area contributed by atoms with Crippen molar-refractivity contribution in [3.05, 3.63) is 53.1 Å². The molecule has 0 aliphatic heterocycles. The molecule has 0 saturated heterocycles. The maximum absolute atomic E-state index is 13.1. The minimum Gasteiger partial charge on any atom is -0.507 e. The van der Waals surface area contributed by atoms with Crippen LogP contribution in [0.5, 0.6) is 5.75 Å². The number of hydrogen-bond donors (Lipinski definition) is 1. The lowest BCUT2D eigenvalue weighted by Crippen LogP contribution is -2.10. The number of nitrogens with zero attached hydrogens (tertiary/aromatic N) is 1. The summed E-state index contributed by atoms with van der Waals surface area (Å²) in [5.41, 5.74) is 3.60. The fraction of sp³-hybridized carbons (Fsp3) is 0.417. The molecule has 1 atom stereocenters. The van der Waals surface area contributed by atoms with Crippen LogP contribution in [-0.2, 0) is 6.42 Å². The van der Waals surface area contributed by atoms with Gasteiger partial charge in [0, 0.05) is 17.7 Å². The van der Waals surface area contributed by atoms with Gasteiger partial charge in [0.05, 0.1) is 5.56 Å². The Bertz CT molecular complexity index is 976. The number of aromatic nitrogens is 1. The fourth-order valence-electron chi connectivity index (χ4n) is 3.30. The quantitative estimate of drug-likeness (QED) is 0.244. The monoisotopic (exact) mass is 411 g/mol. The van der Waals surface area contributed by atoms with Crippen molar-refractivity contribution in [3.8, 4) is 5.75 Å². The van der Waals surface area contributed by atoms with Crippen LogP contribution >= 0.6 is 11.8 Å². The van der Waals surface area contributed by atoms with E-state index in [1.165, 1.54) is 11.6 Å². The van der Waals surface area contributed by atoms with E-state index >= 15 is 0 Å². The predicted molar refractivity (Wildman–Crippen MR) is 119 cm³/mol. The summed E-state index contributed by atoms with van der Waals surface area (Å²) in [6, 6.07) is 11.3. The van der Waals surface area contributed by atoms with Gasteiger partial charge in [-0.1, -0.05) is 70.1 Å². The maximum Gasteiger partial charge on any atom is 0.256 e. The summed E-state index contributed by atoms with van der Waals surface area (Å²) < 4.78 is 5.70. The molecule has 3 aromatic rings. The minimum atomic E-state index is -0.350. The molecule has 0 amide bonds. The van der Waals surface area contributed by atoms with Gasteiger partial charge in [-0.05, 0) is 36.0 Å². The van der Waals surface area contributed by atoms with Crippen LogP contribution in [0.3, 0.4) is 0 Å². The van der Waals surface area contributed by atoms with Gasteiger partial charge in [-0.2, -0.15) is 0 Å². The molecule has 154 valence electrons. The van der Waals surface area contributed by atoms with E-state index in [1.54, 1.807) is 17.8 Å². The van der Waals surface area contributed by atoms with Crippen LogP contribution in [0.1, 0.15) is 67.9 Å². The first-order valence-electron chi connectivity index (χ1n) is 10.3. The molecule has 0 aliphatic carbocycles. The van der Waals surface area contributed by atoms with Crippen LogP contribution in [0.25, 0.3) is 11.1 Å². The summed E-state index contributed by atoms with van der Waals surface area (Å²) in [5.74, 6) is 0.995. The predicted octanol–water partition coefficient (Wildman–Crippen LogP) is 6.61. The van der Waals surface area contributed by atoms with Crippen molar-refractivity contribution in [1.82, 2.24) is 4.98 Å². The fourth-order valence-corrected chi connectivity index (χ4v) is 4.22. The molecule has 3 rings (SSSR count). The van der Waals surface area contributed by atoms with Crippen LogP contribution in [0.15, 0.2) is 46.0 Å². The number of benzene rings is 2. The topological polar surface area (TPSA) is 63.3 Å². The van der Waals surface area contributed by atoms with Crippen LogP contribution < -0.4 is 0 Å². The number of ketones is 1. The van der Waals surface area contributed by atoms with Crippen molar-refractivity contribution in [3.63, 3.8) is 0 Å². The van der Waals surface area contributed by atoms with E-state index in [2.05, 4.69) is 37.9 Å². The first-order valence-corrected chi connectivity index (χ1v) is 11.3. The Labute approximate surface area is 176 Å². The zero-order valence-corrected chi connectivity index (χ0v) is 18.4. The third-order valence-electron chi connectivity index (χ3n) is 4.99. The van der Waals surface area contributed by atoms with E-state index in [-0.39, 0.29) is 23.0 Å². The first kappa shape index (κ1) is 21.4. The normalized spacial score (nSPS) is 12.6. The van der Waals surface area contributed by atoms with Gasteiger partial charge >= 0.3 is 0 Å². The molecule has 1 unspecified atom stereocenters. The van der Waals surface area contributed by atoms with E-state index in [4.69, 9.17) is 4.42 Å². The number of aromatic hydroxyl groups is 1. The molecule has 5 heteroatoms. The molecule has 0 radical (unpaired) electrons. The summed E-state index contributed by atoms with van der Waals surface area (Å²) in [7, 11) is 0. The Kier molecular flexibility index (Phi) is 7.01. The highest BCUT2D eigenvalue weighted by Crippen LogP contribution is 2.32. The molecular formula is C24H29NO3S. The average molecular weight is 412 g/mol. The number of fused-ring (bicyclic) bond motifs is 1. The highest BCUT2D eigenvalue weighted by molar-refractivity contribution is 7.99. The van der Waals surface area contributed by atoms with Crippen LogP contribution in [0, 0.1) is 5.92 Å². The van der Waals surface area contributed by atoms with E-state index in [0.717, 1.165) is 30.6 Å². The van der Waals surface area contributed by atoms with Gasteiger partial charge in [0.1, 0.15) is 11.3 Å². The van der Waals surface area contributed by atoms with Gasteiger partial charge in [-0.3, -0.25) is 4.79 Å². The van der Waals surface area contributed by atoms with E-state index < -0.39 is 0 Å². The maximum atomic E-state index is 13.1. The van der Waals surface area contributed by atoms with E-state index in [0.29, 0.717) is 22.2 Å². The van der Waals surface area contributed by atoms with Crippen molar-refractivity contribution < 1.29 is 14.3 Å². The second-order valence-electron chi connectivity index (χ2n) is 7.94. The lowest BCUT2D eigenvalue weighted by atomic mass is 9.90. The van der Waals surface area contributed by atoms with E-state index in [9.17, 15) is 9.90 Å². The number of phenolic OH excluding ortho intramolecular Hbond substituents is 1. The zero-order valence-electron chi connectivity index (χ0n) is 17.6. The number of oxazole rings is 1. The molecule has 1 N–H and O–H groups in total. The number of rotatable bonds is 9. The Balaban J connectivity index is 1.80. The summed E-state index contributed by atoms with van der Waals surface area (Å²) >= 11 is 1.56. The second kappa shape index (κ2) is 9.49. The number of thioether (sulfide) groups is 1. The smallest absolute Gasteiger partial charge is 0.256 e. The van der Waals surface area contributed by atoms with Gasteiger partial charge in [-0.15, -0.1) is 0 Å². The molecule has 0 bridgehead atoms. The minimum absolute atomic E-state index is 0.0629. The van der Waals surface area contributed by atoms with Gasteiger partial charge in [0.15, 0.2) is 11.4 Å². The van der Waals surface area contributed by atoms with Crippen molar-refractivity contribution in [2.24, 2.45) is 5.92 Å². The molecule has 29 heavy (non-hydrogen) atoms. The largest absolute Gasteiger partial charge is 0.507 e. The SMILES string of the molecule is CCCCSc1nc2cc(C(=O)C(C)c3ccc(CC(C)C)cc3)c(O)cc2o1. The number of carbonyl (C=O) groups is 1. The number of Topliss-reactive ketones (excluding diaryl/α,β-unsaturated/α-hetero) is 1. The summed E-state index contributed by atoms with van der Waals surface area (Å²) in [4.78, 5) is 17.5. The van der Waals surface area contributed by atoms with Gasteiger partial charge in [-0.25, -0.2) is 4.98 Å². The molecule has 4 nitrogen and oxygen atoms in total. The molecule has 0 fully saturated rings. The summed E-state index contributed by atoms with van der Waals surface area (Å²) in [6.45, 7) is 8.40. The second-order valence-corrected chi connectivity index (χ2v) is 8.99. The Hall–Kier alpha value is -2.27. The van der Waals surface area contributed by atoms with Crippen LogP contribution in [0.2, 0.25) is 0 Å². The molecule has 0 saturated carbocycles. The zero-order chi connectivity index (χ0) is 21.0. The number of phenols is 1. The Morgan fingerprint density at radius 1 is 1.17 bits per heavy atom. The third-order valence-corrected chi connectivity index (χ3v) is 5.91. The number of hydrogen-bond acceptors (Lipinski definition) is 5. The van der Waals surface area contributed by atoms with Crippen molar-refractivity contribution in [2.45, 2.75) is 58.1 Å². The van der Waals surface area contributed by atoms with Crippen LogP contribution in [0.4, 0.5) is 0 Å². The molecular weight excluding hydrogens is 382 g/mol. The summed E-state index contributed by atoms with van der Waals surface area (Å²) in [5, 5.41) is 11.0.